The van der Waals surface area contributed by atoms with Crippen LogP contribution in [0.2, 0.25) is 24.2 Å². The van der Waals surface area contributed by atoms with Crippen LogP contribution >= 0.6 is 0 Å². The van der Waals surface area contributed by atoms with Crippen LogP contribution < -0.4 is 5.32 Å². The zero-order valence-corrected chi connectivity index (χ0v) is 11.7. The number of rotatable bonds is 4. The third-order valence-corrected chi connectivity index (χ3v) is 10.5. The van der Waals surface area contributed by atoms with Crippen molar-refractivity contribution in [3.05, 3.63) is 0 Å². The maximum Gasteiger partial charge on any atom is 0.0670 e. The van der Waals surface area contributed by atoms with E-state index in [-0.39, 0.29) is 6.10 Å². The molecule has 2 rings (SSSR count). The second-order valence-corrected chi connectivity index (χ2v) is 11.0. The smallest absolute Gasteiger partial charge is 0.0670 e. The summed E-state index contributed by atoms with van der Waals surface area (Å²) in [6.07, 6.45) is 6.70. The molecule has 0 aromatic heterocycles. The van der Waals surface area contributed by atoms with Crippen molar-refractivity contribution in [1.29, 1.82) is 0 Å². The first kappa shape index (κ1) is 12.6. The molecule has 0 amide bonds. The van der Waals surface area contributed by atoms with Gasteiger partial charge in [-0.2, -0.15) is 0 Å². The van der Waals surface area contributed by atoms with Crippen molar-refractivity contribution >= 4 is 8.07 Å². The van der Waals surface area contributed by atoms with Crippen LogP contribution in [0.3, 0.4) is 0 Å². The minimum Gasteiger partial charge on any atom is -0.392 e. The summed E-state index contributed by atoms with van der Waals surface area (Å²) in [6.45, 7) is 3.48. The van der Waals surface area contributed by atoms with Crippen molar-refractivity contribution in [3.8, 4) is 0 Å². The third kappa shape index (κ3) is 2.87. The Morgan fingerprint density at radius 1 is 1.25 bits per heavy atom. The van der Waals surface area contributed by atoms with E-state index in [9.17, 15) is 5.11 Å². The normalized spacial score (nSPS) is 31.5. The van der Waals surface area contributed by atoms with Gasteiger partial charge in [-0.25, -0.2) is 0 Å². The van der Waals surface area contributed by atoms with Crippen molar-refractivity contribution in [2.24, 2.45) is 0 Å². The van der Waals surface area contributed by atoms with E-state index >= 15 is 0 Å². The van der Waals surface area contributed by atoms with Gasteiger partial charge in [0, 0.05) is 6.04 Å². The predicted octanol–water partition coefficient (Wildman–Crippen LogP) is 2.75. The molecule has 0 spiro atoms. The summed E-state index contributed by atoms with van der Waals surface area (Å²) in [5.41, 5.74) is 0. The first-order valence-electron chi connectivity index (χ1n) is 7.17. The molecule has 0 aromatic rings. The first-order valence-corrected chi connectivity index (χ1v) is 10.0. The van der Waals surface area contributed by atoms with Crippen molar-refractivity contribution in [3.63, 3.8) is 0 Å². The molecule has 2 aliphatic rings. The van der Waals surface area contributed by atoms with Crippen LogP contribution in [-0.4, -0.2) is 31.9 Å². The monoisotopic (exact) mass is 241 g/mol. The van der Waals surface area contributed by atoms with Gasteiger partial charge >= 0.3 is 0 Å². The molecule has 16 heavy (non-hydrogen) atoms. The van der Waals surface area contributed by atoms with Crippen LogP contribution in [0.4, 0.5) is 0 Å². The summed E-state index contributed by atoms with van der Waals surface area (Å²) in [7, 11) is -1.08. The van der Waals surface area contributed by atoms with Gasteiger partial charge in [-0.05, 0) is 25.4 Å². The Hall–Kier alpha value is 0.137. The maximum atomic E-state index is 10.4. The van der Waals surface area contributed by atoms with Gasteiger partial charge in [-0.1, -0.05) is 44.3 Å². The lowest BCUT2D eigenvalue weighted by Crippen LogP contribution is -2.44. The Kier molecular flexibility index (Phi) is 4.45. The zero-order chi connectivity index (χ0) is 11.4. The molecule has 1 unspecified atom stereocenters. The Morgan fingerprint density at radius 2 is 2.00 bits per heavy atom. The van der Waals surface area contributed by atoms with Crippen LogP contribution in [0.25, 0.3) is 0 Å². The molecule has 2 heterocycles. The molecule has 0 aromatic carbocycles. The van der Waals surface area contributed by atoms with E-state index in [1.54, 1.807) is 0 Å². The fourth-order valence-electron chi connectivity index (χ4n) is 3.63. The molecule has 2 nitrogen and oxygen atoms in total. The van der Waals surface area contributed by atoms with E-state index in [0.29, 0.717) is 6.04 Å². The number of nitrogens with one attached hydrogen (secondary N) is 1. The largest absolute Gasteiger partial charge is 0.392 e. The van der Waals surface area contributed by atoms with E-state index in [1.807, 2.05) is 0 Å². The molecule has 3 heteroatoms. The molecule has 2 saturated heterocycles. The summed E-state index contributed by atoms with van der Waals surface area (Å²) in [4.78, 5) is 0. The highest BCUT2D eigenvalue weighted by Crippen LogP contribution is 2.36. The molecular formula is C13H27NOSi. The number of hydrogen-bond acceptors (Lipinski definition) is 2. The van der Waals surface area contributed by atoms with E-state index in [2.05, 4.69) is 12.2 Å². The SMILES string of the molecule is CC[Si]1(C[C@@H](O)C2CCCN2)CCCCC1. The average molecular weight is 241 g/mol. The van der Waals surface area contributed by atoms with Gasteiger partial charge in [0.1, 0.15) is 0 Å². The fraction of sp³-hybridized carbons (Fsp3) is 1.00. The molecule has 2 aliphatic heterocycles. The Morgan fingerprint density at radius 3 is 2.56 bits per heavy atom. The summed E-state index contributed by atoms with van der Waals surface area (Å²) in [5.74, 6) is 0. The number of aliphatic hydroxyl groups excluding tert-OH is 1. The topological polar surface area (TPSA) is 32.3 Å². The van der Waals surface area contributed by atoms with Crippen molar-refractivity contribution in [1.82, 2.24) is 5.32 Å². The van der Waals surface area contributed by atoms with Gasteiger partial charge in [0.05, 0.1) is 14.2 Å². The molecular weight excluding hydrogens is 214 g/mol. The van der Waals surface area contributed by atoms with E-state index in [0.717, 1.165) is 6.54 Å². The number of hydrogen-bond donors (Lipinski definition) is 2. The molecule has 0 radical (unpaired) electrons. The lowest BCUT2D eigenvalue weighted by Gasteiger charge is -2.37. The van der Waals surface area contributed by atoms with Crippen LogP contribution in [0.1, 0.15) is 39.0 Å². The quantitative estimate of drug-likeness (QED) is 0.742. The molecule has 2 N–H and O–H groups in total. The molecule has 2 fully saturated rings. The zero-order valence-electron chi connectivity index (χ0n) is 10.7. The van der Waals surface area contributed by atoms with Gasteiger partial charge in [0.2, 0.25) is 0 Å². The summed E-state index contributed by atoms with van der Waals surface area (Å²) >= 11 is 0. The highest BCUT2D eigenvalue weighted by molar-refractivity contribution is 6.80. The molecule has 0 saturated carbocycles. The van der Waals surface area contributed by atoms with Crippen LogP contribution in [0.5, 0.6) is 0 Å². The maximum absolute atomic E-state index is 10.4. The minimum absolute atomic E-state index is 0.0489. The Labute approximate surface area is 101 Å². The van der Waals surface area contributed by atoms with Gasteiger partial charge < -0.3 is 10.4 Å². The molecule has 94 valence electrons. The predicted molar refractivity (Wildman–Crippen MR) is 71.5 cm³/mol. The molecule has 0 aliphatic carbocycles. The summed E-state index contributed by atoms with van der Waals surface area (Å²) < 4.78 is 0. The second-order valence-electron chi connectivity index (χ2n) is 5.89. The number of aliphatic hydroxyl groups is 1. The lowest BCUT2D eigenvalue weighted by atomic mass is 10.1. The van der Waals surface area contributed by atoms with Gasteiger partial charge in [0.15, 0.2) is 0 Å². The summed E-state index contributed by atoms with van der Waals surface area (Å²) in [6, 6.07) is 5.93. The lowest BCUT2D eigenvalue weighted by molar-refractivity contribution is 0.152. The highest BCUT2D eigenvalue weighted by atomic mass is 28.3. The highest BCUT2D eigenvalue weighted by Gasteiger charge is 2.37. The average Bonchev–Trinajstić information content (AvgIpc) is 2.84. The molecule has 2 atom stereocenters. The molecule has 0 bridgehead atoms. The van der Waals surface area contributed by atoms with Crippen molar-refractivity contribution in [2.45, 2.75) is 75.4 Å². The van der Waals surface area contributed by atoms with Crippen LogP contribution in [0.15, 0.2) is 0 Å². The summed E-state index contributed by atoms with van der Waals surface area (Å²) in [5, 5.41) is 13.8. The minimum atomic E-state index is -1.08. The van der Waals surface area contributed by atoms with Gasteiger partial charge in [0.25, 0.3) is 0 Å². The van der Waals surface area contributed by atoms with Gasteiger partial charge in [-0.15, -0.1) is 0 Å². The van der Waals surface area contributed by atoms with Crippen molar-refractivity contribution in [2.75, 3.05) is 6.54 Å². The standard InChI is InChI=1S/C13H27NOSi/c1-2-16(9-4-3-5-10-16)11-13(15)12-7-6-8-14-12/h12-15H,2-11H2,1H3/t12?,13-/m1/s1. The van der Waals surface area contributed by atoms with Crippen LogP contribution in [0, 0.1) is 0 Å². The Balaban J connectivity index is 1.89. The second kappa shape index (κ2) is 5.65. The van der Waals surface area contributed by atoms with Crippen LogP contribution in [-0.2, 0) is 0 Å². The Bertz CT molecular complexity index is 210. The van der Waals surface area contributed by atoms with E-state index < -0.39 is 8.07 Å². The van der Waals surface area contributed by atoms with E-state index in [4.69, 9.17) is 0 Å². The van der Waals surface area contributed by atoms with Crippen molar-refractivity contribution < 1.29 is 5.11 Å². The third-order valence-electron chi connectivity index (χ3n) is 4.87. The first-order chi connectivity index (χ1) is 7.76. The fourth-order valence-corrected chi connectivity index (χ4v) is 8.46. The van der Waals surface area contributed by atoms with E-state index in [1.165, 1.54) is 56.3 Å². The van der Waals surface area contributed by atoms with Gasteiger partial charge in [-0.3, -0.25) is 0 Å².